The van der Waals surface area contributed by atoms with Gasteiger partial charge in [0.1, 0.15) is 36.6 Å². The van der Waals surface area contributed by atoms with Crippen molar-refractivity contribution in [1.82, 2.24) is 5.32 Å². The van der Waals surface area contributed by atoms with Gasteiger partial charge >= 0.3 is 7.82 Å². The van der Waals surface area contributed by atoms with Crippen molar-refractivity contribution in [2.75, 3.05) is 6.61 Å². The molecule has 13 nitrogen and oxygen atoms in total. The number of allylic oxidation sites excluding steroid dienone is 3. The number of nitrogens with one attached hydrogen (secondary N) is 1. The molecule has 0 spiro atoms. The van der Waals surface area contributed by atoms with E-state index in [1.807, 2.05) is 0 Å². The molecule has 1 fully saturated rings. The van der Waals surface area contributed by atoms with Crippen molar-refractivity contribution >= 4 is 13.7 Å². The van der Waals surface area contributed by atoms with Crippen molar-refractivity contribution in [3.8, 4) is 0 Å². The van der Waals surface area contributed by atoms with E-state index in [1.165, 1.54) is 96.0 Å². The van der Waals surface area contributed by atoms with Crippen molar-refractivity contribution in [1.29, 1.82) is 0 Å². The maximum absolute atomic E-state index is 12.9. The largest absolute Gasteiger partial charge is 0.472 e. The first-order chi connectivity index (χ1) is 27.8. The number of unbranched alkanes of at least 4 members (excludes halogenated alkanes) is 22. The Morgan fingerprint density at radius 3 is 1.47 bits per heavy atom. The van der Waals surface area contributed by atoms with Gasteiger partial charge < -0.3 is 46.0 Å². The number of rotatable bonds is 37. The molecule has 0 aromatic carbocycles. The topological polar surface area (TPSA) is 226 Å². The van der Waals surface area contributed by atoms with E-state index >= 15 is 0 Å². The van der Waals surface area contributed by atoms with Crippen molar-refractivity contribution in [2.24, 2.45) is 0 Å². The smallest absolute Gasteiger partial charge is 0.393 e. The number of amides is 1. The van der Waals surface area contributed by atoms with Crippen LogP contribution in [0.2, 0.25) is 0 Å². The van der Waals surface area contributed by atoms with Crippen molar-refractivity contribution < 1.29 is 59.0 Å². The van der Waals surface area contributed by atoms with Gasteiger partial charge in [-0.2, -0.15) is 0 Å². The lowest BCUT2D eigenvalue weighted by atomic mass is 9.85. The van der Waals surface area contributed by atoms with Gasteiger partial charge in [0.25, 0.3) is 0 Å². The number of phosphoric ester groups is 1. The van der Waals surface area contributed by atoms with Gasteiger partial charge in [0, 0.05) is 0 Å². The van der Waals surface area contributed by atoms with Crippen molar-refractivity contribution in [3.63, 3.8) is 0 Å². The van der Waals surface area contributed by atoms with Crippen LogP contribution in [0.4, 0.5) is 0 Å². The molecule has 342 valence electrons. The Hall–Kier alpha value is -1.22. The monoisotopic (exact) mass is 850 g/mol. The first-order valence-corrected chi connectivity index (χ1v) is 24.4. The molecule has 0 aromatic rings. The van der Waals surface area contributed by atoms with Crippen molar-refractivity contribution in [3.05, 3.63) is 24.3 Å². The second kappa shape index (κ2) is 34.4. The molecule has 58 heavy (non-hydrogen) atoms. The van der Waals surface area contributed by atoms with E-state index in [0.717, 1.165) is 64.2 Å². The zero-order chi connectivity index (χ0) is 43.0. The molecule has 1 amide bonds. The number of aliphatic hydroxyl groups is 7. The summed E-state index contributed by atoms with van der Waals surface area (Å²) in [5.41, 5.74) is 0. The van der Waals surface area contributed by atoms with Crippen LogP contribution in [-0.4, -0.2) is 108 Å². The molecule has 0 aromatic heterocycles. The molecule has 1 rings (SSSR count). The molecule has 9 N–H and O–H groups in total. The highest BCUT2D eigenvalue weighted by atomic mass is 31.2. The summed E-state index contributed by atoms with van der Waals surface area (Å²) < 4.78 is 22.8. The molecule has 14 heteroatoms. The van der Waals surface area contributed by atoms with E-state index in [0.29, 0.717) is 12.8 Å². The van der Waals surface area contributed by atoms with Crippen LogP contribution in [0.15, 0.2) is 24.3 Å². The van der Waals surface area contributed by atoms with Crippen LogP contribution in [0.25, 0.3) is 0 Å². The Kier molecular flexibility index (Phi) is 32.5. The van der Waals surface area contributed by atoms with Gasteiger partial charge in [-0.25, -0.2) is 4.57 Å². The van der Waals surface area contributed by atoms with Gasteiger partial charge in [-0.05, 0) is 44.9 Å². The van der Waals surface area contributed by atoms with Crippen LogP contribution in [0, 0.1) is 0 Å². The third kappa shape index (κ3) is 26.2. The lowest BCUT2D eigenvalue weighted by molar-refractivity contribution is -0.220. The van der Waals surface area contributed by atoms with E-state index in [1.54, 1.807) is 6.08 Å². The summed E-state index contributed by atoms with van der Waals surface area (Å²) in [7, 11) is -5.13. The lowest BCUT2D eigenvalue weighted by Gasteiger charge is -2.41. The SMILES string of the molecule is CCCCCCCCC/C=C/C(O)C(COP(=O)(O)OC1C(O)C(O)C(O)C(O)C1O)NC(=O)CC(O)CCCCCCC/C=C\CCCCCCCCCCCC. The number of carbonyl (C=O) groups is 1. The van der Waals surface area contributed by atoms with Crippen LogP contribution < -0.4 is 5.32 Å². The Balaban J connectivity index is 2.47. The van der Waals surface area contributed by atoms with Crippen LogP contribution in [-0.2, 0) is 18.4 Å². The maximum atomic E-state index is 12.9. The molecule has 1 aliphatic rings. The molecule has 1 aliphatic carbocycles. The molecule has 0 aliphatic heterocycles. The van der Waals surface area contributed by atoms with Gasteiger partial charge in [0.15, 0.2) is 0 Å². The molecule has 0 bridgehead atoms. The Morgan fingerprint density at radius 2 is 1.00 bits per heavy atom. The predicted octanol–water partition coefficient (Wildman–Crippen LogP) is 7.20. The fourth-order valence-corrected chi connectivity index (χ4v) is 8.20. The third-order valence-electron chi connectivity index (χ3n) is 11.0. The first kappa shape index (κ1) is 54.8. The number of aliphatic hydroxyl groups excluding tert-OH is 7. The maximum Gasteiger partial charge on any atom is 0.472 e. The highest BCUT2D eigenvalue weighted by Crippen LogP contribution is 2.47. The predicted molar refractivity (Wildman–Crippen MR) is 229 cm³/mol. The summed E-state index contributed by atoms with van der Waals surface area (Å²) >= 11 is 0. The van der Waals surface area contributed by atoms with Gasteiger partial charge in [-0.3, -0.25) is 13.8 Å². The zero-order valence-electron chi connectivity index (χ0n) is 36.0. The fraction of sp³-hybridized carbons (Fsp3) is 0.886. The molecular formula is C44H84NO12P. The molecule has 8 unspecified atom stereocenters. The van der Waals surface area contributed by atoms with Gasteiger partial charge in [0.05, 0.1) is 31.3 Å². The summed E-state index contributed by atoms with van der Waals surface area (Å²) in [6.07, 6.45) is 22.9. The van der Waals surface area contributed by atoms with Crippen LogP contribution in [0.5, 0.6) is 0 Å². The average molecular weight is 850 g/mol. The van der Waals surface area contributed by atoms with Gasteiger partial charge in [-0.15, -0.1) is 0 Å². The summed E-state index contributed by atoms with van der Waals surface area (Å²) in [6.45, 7) is 3.69. The van der Waals surface area contributed by atoms with Gasteiger partial charge in [-0.1, -0.05) is 160 Å². The standard InChI is InChI=1S/C44H84NO12P/c1-3-5-7-9-11-13-14-15-16-17-18-19-20-21-22-24-25-27-29-31-35(46)33-38(48)45-36(37(47)32-30-28-26-23-12-10-8-6-4-2)34-56-58(54,55)57-44-42(52)40(50)39(49)41(51)43(44)53/h19-20,30,32,35-37,39-44,46-47,49-53H,3-18,21-29,31,33-34H2,1-2H3,(H,45,48)(H,54,55)/b20-19-,32-30+. The first-order valence-electron chi connectivity index (χ1n) is 22.9. The molecular weight excluding hydrogens is 765 g/mol. The number of hydrogen-bond acceptors (Lipinski definition) is 11. The van der Waals surface area contributed by atoms with Gasteiger partial charge in [0.2, 0.25) is 5.91 Å². The number of hydrogen-bond donors (Lipinski definition) is 9. The fourth-order valence-electron chi connectivity index (χ4n) is 7.23. The van der Waals surface area contributed by atoms with Crippen LogP contribution in [0.3, 0.4) is 0 Å². The normalized spacial score (nSPS) is 24.0. The summed E-state index contributed by atoms with van der Waals surface area (Å²) in [4.78, 5) is 23.3. The Bertz CT molecular complexity index is 1100. The quantitative estimate of drug-likeness (QED) is 0.0172. The second-order valence-electron chi connectivity index (χ2n) is 16.4. The summed E-state index contributed by atoms with van der Waals surface area (Å²) in [5, 5.41) is 74.2. The second-order valence-corrected chi connectivity index (χ2v) is 17.8. The van der Waals surface area contributed by atoms with E-state index < -0.39 is 75.2 Å². The van der Waals surface area contributed by atoms with Crippen LogP contribution >= 0.6 is 7.82 Å². The highest BCUT2D eigenvalue weighted by molar-refractivity contribution is 7.47. The molecule has 0 saturated heterocycles. The highest BCUT2D eigenvalue weighted by Gasteiger charge is 2.51. The lowest BCUT2D eigenvalue weighted by Crippen LogP contribution is -2.64. The molecule has 1 saturated carbocycles. The summed E-state index contributed by atoms with van der Waals surface area (Å²) in [5.74, 6) is -0.600. The number of phosphoric acid groups is 1. The Morgan fingerprint density at radius 1 is 0.603 bits per heavy atom. The molecule has 0 heterocycles. The molecule has 8 atom stereocenters. The van der Waals surface area contributed by atoms with E-state index in [4.69, 9.17) is 9.05 Å². The molecule has 0 radical (unpaired) electrons. The van der Waals surface area contributed by atoms with Crippen molar-refractivity contribution in [2.45, 2.75) is 242 Å². The Labute approximate surface area is 350 Å². The van der Waals surface area contributed by atoms with E-state index in [9.17, 15) is 50.0 Å². The third-order valence-corrected chi connectivity index (χ3v) is 12.0. The number of carbonyl (C=O) groups excluding carboxylic acids is 1. The minimum atomic E-state index is -5.13. The minimum Gasteiger partial charge on any atom is -0.393 e. The summed E-state index contributed by atoms with van der Waals surface area (Å²) in [6, 6.07) is -1.24. The van der Waals surface area contributed by atoms with E-state index in [-0.39, 0.29) is 6.42 Å². The zero-order valence-corrected chi connectivity index (χ0v) is 36.9. The minimum absolute atomic E-state index is 0.249. The van der Waals surface area contributed by atoms with E-state index in [2.05, 4.69) is 31.3 Å². The van der Waals surface area contributed by atoms with Crippen LogP contribution in [0.1, 0.15) is 187 Å². The average Bonchev–Trinajstić information content (AvgIpc) is 3.19.